The Morgan fingerprint density at radius 3 is 2.45 bits per heavy atom. The van der Waals surface area contributed by atoms with Crippen LogP contribution in [0.25, 0.3) is 22.7 Å². The van der Waals surface area contributed by atoms with Crippen LogP contribution in [-0.4, -0.2) is 61.6 Å². The predicted octanol–water partition coefficient (Wildman–Crippen LogP) is 7.80. The average Bonchev–Trinajstić information content (AvgIpc) is 3.78. The molecular formula is C42H46N8O3. The molecule has 3 aromatic carbocycles. The van der Waals surface area contributed by atoms with Gasteiger partial charge in [-0.05, 0) is 60.7 Å². The molecule has 1 aliphatic heterocycles. The first-order chi connectivity index (χ1) is 25.7. The van der Waals surface area contributed by atoms with Crippen LogP contribution in [0.3, 0.4) is 0 Å². The van der Waals surface area contributed by atoms with Crippen molar-refractivity contribution in [2.75, 3.05) is 31.6 Å². The predicted molar refractivity (Wildman–Crippen MR) is 205 cm³/mol. The van der Waals surface area contributed by atoms with E-state index in [9.17, 15) is 4.79 Å². The number of pyridine rings is 1. The van der Waals surface area contributed by atoms with Gasteiger partial charge in [0.15, 0.2) is 11.5 Å². The Bertz CT molecular complexity index is 2230. The molecule has 2 N–H and O–H groups in total. The molecule has 11 heteroatoms. The first kappa shape index (κ1) is 34.6. The fourth-order valence-corrected chi connectivity index (χ4v) is 7.22. The van der Waals surface area contributed by atoms with Crippen molar-refractivity contribution >= 4 is 17.5 Å². The maximum absolute atomic E-state index is 13.6. The van der Waals surface area contributed by atoms with Gasteiger partial charge in [-0.15, -0.1) is 10.2 Å². The number of nitrogens with one attached hydrogen (secondary N) is 2. The van der Waals surface area contributed by atoms with E-state index < -0.39 is 0 Å². The lowest BCUT2D eigenvalue weighted by molar-refractivity contribution is 0.0342. The van der Waals surface area contributed by atoms with E-state index in [-0.39, 0.29) is 23.6 Å². The van der Waals surface area contributed by atoms with Crippen molar-refractivity contribution in [2.45, 2.75) is 64.6 Å². The maximum atomic E-state index is 13.6. The van der Waals surface area contributed by atoms with Crippen LogP contribution in [0, 0.1) is 6.92 Å². The minimum atomic E-state index is -0.280. The number of aromatic nitrogens is 5. The number of fused-ring (bicyclic) bond motifs is 2. The smallest absolute Gasteiger partial charge is 0.320 e. The fourth-order valence-electron chi connectivity index (χ4n) is 7.22. The molecule has 11 nitrogen and oxygen atoms in total. The second kappa shape index (κ2) is 14.5. The zero-order valence-corrected chi connectivity index (χ0v) is 30.8. The van der Waals surface area contributed by atoms with Crippen molar-refractivity contribution in [3.05, 3.63) is 125 Å². The molecular weight excluding hydrogens is 665 g/mol. The van der Waals surface area contributed by atoms with Crippen molar-refractivity contribution in [1.29, 1.82) is 0 Å². The maximum Gasteiger partial charge on any atom is 0.320 e. The van der Waals surface area contributed by atoms with Crippen LogP contribution in [0.1, 0.15) is 73.7 Å². The summed E-state index contributed by atoms with van der Waals surface area (Å²) in [5.74, 6) is 2.13. The SMILES string of the molecule is Cc1ccc(-n2nc(C(C)(C)C)cc2NC(=O)N[C@H]2CC[C@@H](Oc3ccc4nnc(-c5ccccc5CN5CCOCC5)n4c3)c3ccccc32)cc1. The minimum absolute atomic E-state index is 0.182. The Morgan fingerprint density at radius 1 is 0.906 bits per heavy atom. The van der Waals surface area contributed by atoms with Gasteiger partial charge < -0.3 is 14.8 Å². The number of carbonyl (C=O) groups excluding carboxylic acids is 1. The van der Waals surface area contributed by atoms with Crippen molar-refractivity contribution in [3.63, 3.8) is 0 Å². The van der Waals surface area contributed by atoms with E-state index in [1.54, 1.807) is 4.68 Å². The van der Waals surface area contributed by atoms with E-state index >= 15 is 0 Å². The van der Waals surface area contributed by atoms with Crippen LogP contribution in [0.2, 0.25) is 0 Å². The van der Waals surface area contributed by atoms with Crippen LogP contribution in [0.15, 0.2) is 97.2 Å². The van der Waals surface area contributed by atoms with Gasteiger partial charge in [0, 0.05) is 36.7 Å². The lowest BCUT2D eigenvalue weighted by atomic mass is 9.85. The highest BCUT2D eigenvalue weighted by Gasteiger charge is 2.30. The van der Waals surface area contributed by atoms with Gasteiger partial charge in [-0.1, -0.05) is 87.0 Å². The summed E-state index contributed by atoms with van der Waals surface area (Å²) in [6.45, 7) is 12.6. The van der Waals surface area contributed by atoms with E-state index in [0.29, 0.717) is 12.2 Å². The Morgan fingerprint density at radius 2 is 1.66 bits per heavy atom. The number of urea groups is 1. The molecule has 1 fully saturated rings. The monoisotopic (exact) mass is 710 g/mol. The summed E-state index contributed by atoms with van der Waals surface area (Å²) in [6.07, 6.45) is 3.25. The van der Waals surface area contributed by atoms with Gasteiger partial charge in [0.1, 0.15) is 17.7 Å². The molecule has 4 heterocycles. The average molecular weight is 711 g/mol. The number of rotatable bonds is 8. The minimum Gasteiger partial charge on any atom is -0.484 e. The van der Waals surface area contributed by atoms with E-state index in [0.717, 1.165) is 90.1 Å². The van der Waals surface area contributed by atoms with Crippen molar-refractivity contribution in [3.8, 4) is 22.8 Å². The Kier molecular flexibility index (Phi) is 9.44. The molecule has 0 bridgehead atoms. The van der Waals surface area contributed by atoms with Crippen molar-refractivity contribution < 1.29 is 14.3 Å². The van der Waals surface area contributed by atoms with Gasteiger partial charge in [0.2, 0.25) is 0 Å². The molecule has 0 saturated carbocycles. The number of morpholine rings is 1. The normalized spacial score (nSPS) is 17.7. The molecule has 2 aliphatic rings. The van der Waals surface area contributed by atoms with Crippen LogP contribution in [-0.2, 0) is 16.7 Å². The number of hydrogen-bond acceptors (Lipinski definition) is 7. The summed E-state index contributed by atoms with van der Waals surface area (Å²) >= 11 is 0. The Labute approximate surface area is 310 Å². The summed E-state index contributed by atoms with van der Waals surface area (Å²) < 4.78 is 16.1. The third-order valence-electron chi connectivity index (χ3n) is 10.1. The zero-order valence-electron chi connectivity index (χ0n) is 30.8. The molecule has 53 heavy (non-hydrogen) atoms. The highest BCUT2D eigenvalue weighted by molar-refractivity contribution is 5.89. The number of amides is 2. The van der Waals surface area contributed by atoms with Gasteiger partial charge >= 0.3 is 6.03 Å². The summed E-state index contributed by atoms with van der Waals surface area (Å²) in [5.41, 5.74) is 7.87. The molecule has 0 radical (unpaired) electrons. The van der Waals surface area contributed by atoms with Crippen molar-refractivity contribution in [2.24, 2.45) is 0 Å². The first-order valence-corrected chi connectivity index (χ1v) is 18.4. The molecule has 2 atom stereocenters. The number of carbonyl (C=O) groups is 1. The van der Waals surface area contributed by atoms with Crippen LogP contribution in [0.4, 0.5) is 10.6 Å². The standard InChI is InChI=1S/C42H46N8O3/c1-28-13-15-30(16-14-28)50-39(25-37(47-50)42(2,3)4)44-41(51)43-35-18-19-36(34-12-8-7-11-33(34)35)53-31-17-20-38-45-46-40(49(38)27-31)32-10-6-5-9-29(32)26-48-21-23-52-24-22-48/h5-17,20,25,27,35-36H,18-19,21-24,26H2,1-4H3,(H2,43,44,51)/t35-,36+/m0/s1. The topological polar surface area (TPSA) is 111 Å². The van der Waals surface area contributed by atoms with Gasteiger partial charge in [0.25, 0.3) is 0 Å². The second-order valence-corrected chi connectivity index (χ2v) is 15.0. The Hall–Kier alpha value is -5.52. The third kappa shape index (κ3) is 7.40. The van der Waals surface area contributed by atoms with Gasteiger partial charge in [-0.3, -0.25) is 14.6 Å². The lowest BCUT2D eigenvalue weighted by Crippen LogP contribution is -2.36. The lowest BCUT2D eigenvalue weighted by Gasteiger charge is -2.32. The van der Waals surface area contributed by atoms with Gasteiger partial charge in [-0.25, -0.2) is 9.48 Å². The highest BCUT2D eigenvalue weighted by atomic mass is 16.5. The van der Waals surface area contributed by atoms with Crippen molar-refractivity contribution in [1.82, 2.24) is 34.6 Å². The molecule has 1 aliphatic carbocycles. The van der Waals surface area contributed by atoms with E-state index in [1.165, 1.54) is 5.56 Å². The number of benzene rings is 3. The molecule has 3 aromatic heterocycles. The quantitative estimate of drug-likeness (QED) is 0.166. The van der Waals surface area contributed by atoms with E-state index in [1.807, 2.05) is 71.3 Å². The summed E-state index contributed by atoms with van der Waals surface area (Å²) in [6, 6.07) is 30.1. The number of hydrogen-bond donors (Lipinski definition) is 2. The molecule has 0 unspecified atom stereocenters. The van der Waals surface area contributed by atoms with Gasteiger partial charge in [-0.2, -0.15) is 5.10 Å². The number of aryl methyl sites for hydroxylation is 1. The molecule has 2 amide bonds. The number of nitrogens with zero attached hydrogens (tertiary/aromatic N) is 6. The highest BCUT2D eigenvalue weighted by Crippen LogP contribution is 2.39. The number of anilines is 1. The largest absolute Gasteiger partial charge is 0.484 e. The fraction of sp³-hybridized carbons (Fsp3) is 0.333. The van der Waals surface area contributed by atoms with Crippen LogP contribution < -0.4 is 15.4 Å². The van der Waals surface area contributed by atoms with Crippen LogP contribution >= 0.6 is 0 Å². The second-order valence-electron chi connectivity index (χ2n) is 15.0. The molecule has 8 rings (SSSR count). The first-order valence-electron chi connectivity index (χ1n) is 18.4. The summed E-state index contributed by atoms with van der Waals surface area (Å²) in [4.78, 5) is 16.0. The van der Waals surface area contributed by atoms with E-state index in [4.69, 9.17) is 14.6 Å². The molecule has 272 valence electrons. The number of ether oxygens (including phenoxy) is 2. The Balaban J connectivity index is 1.00. The molecule has 0 spiro atoms. The molecule has 1 saturated heterocycles. The van der Waals surface area contributed by atoms with Gasteiger partial charge in [0.05, 0.1) is 36.8 Å². The van der Waals surface area contributed by atoms with Crippen LogP contribution in [0.5, 0.6) is 5.75 Å². The summed E-state index contributed by atoms with van der Waals surface area (Å²) in [7, 11) is 0. The summed E-state index contributed by atoms with van der Waals surface area (Å²) in [5, 5.41) is 20.3. The van der Waals surface area contributed by atoms with E-state index in [2.05, 4.69) is 83.8 Å². The molecule has 6 aromatic rings. The zero-order chi connectivity index (χ0) is 36.5. The third-order valence-corrected chi connectivity index (χ3v) is 10.1.